The largest absolute Gasteiger partial charge is 0.394 e. The lowest BCUT2D eigenvalue weighted by atomic mass is 10.1. The van der Waals surface area contributed by atoms with Gasteiger partial charge >= 0.3 is 0 Å². The number of hydrogen-bond donors (Lipinski definition) is 6. The van der Waals surface area contributed by atoms with Crippen molar-refractivity contribution in [3.63, 3.8) is 0 Å². The number of amides is 2. The number of nitrogens with zero attached hydrogens (tertiary/aromatic N) is 1. The minimum Gasteiger partial charge on any atom is -0.394 e. The van der Waals surface area contributed by atoms with E-state index >= 15 is 0 Å². The van der Waals surface area contributed by atoms with Gasteiger partial charge in [0.15, 0.2) is 18.9 Å². The molecule has 9 atom stereocenters. The molecule has 256 valence electrons. The van der Waals surface area contributed by atoms with Gasteiger partial charge in [-0.05, 0) is 52.0 Å². The second kappa shape index (κ2) is 19.9. The summed E-state index contributed by atoms with van der Waals surface area (Å²) in [6.45, 7) is 5.13. The van der Waals surface area contributed by atoms with Gasteiger partial charge in [-0.1, -0.05) is 6.92 Å². The molecule has 3 rings (SSSR count). The van der Waals surface area contributed by atoms with Crippen molar-refractivity contribution in [1.29, 1.82) is 0 Å². The third kappa shape index (κ3) is 13.1. The first-order valence-electron chi connectivity index (χ1n) is 15.9. The minimum absolute atomic E-state index is 0.00758. The fourth-order valence-electron chi connectivity index (χ4n) is 5.24. The van der Waals surface area contributed by atoms with E-state index in [0.29, 0.717) is 45.3 Å². The van der Waals surface area contributed by atoms with Crippen LogP contribution in [-0.4, -0.2) is 152 Å². The van der Waals surface area contributed by atoms with Gasteiger partial charge in [0.1, 0.15) is 18.3 Å². The van der Waals surface area contributed by atoms with Crippen LogP contribution in [0.15, 0.2) is 0 Å². The molecule has 15 heteroatoms. The predicted molar refractivity (Wildman–Crippen MR) is 155 cm³/mol. The third-order valence-electron chi connectivity index (χ3n) is 7.91. The maximum atomic E-state index is 13.0. The number of ether oxygens (including phenoxy) is 6. The lowest BCUT2D eigenvalue weighted by Gasteiger charge is -2.34. The van der Waals surface area contributed by atoms with Crippen molar-refractivity contribution < 1.29 is 58.4 Å². The van der Waals surface area contributed by atoms with E-state index in [1.807, 2.05) is 13.8 Å². The zero-order valence-corrected chi connectivity index (χ0v) is 26.0. The number of likely N-dealkylation sites (N-methyl/N-ethyl adjacent to an activating group) is 1. The Morgan fingerprint density at radius 2 is 1.66 bits per heavy atom. The van der Waals surface area contributed by atoms with E-state index in [1.54, 1.807) is 4.90 Å². The Hall–Kier alpha value is -1.50. The van der Waals surface area contributed by atoms with Gasteiger partial charge in [0.2, 0.25) is 11.8 Å². The quantitative estimate of drug-likeness (QED) is 0.0962. The molecule has 0 radical (unpaired) electrons. The molecule has 3 heterocycles. The number of aliphatic hydroxyl groups excluding tert-OH is 4. The number of aliphatic hydroxyl groups is 4. The van der Waals surface area contributed by atoms with Crippen LogP contribution >= 0.6 is 0 Å². The summed E-state index contributed by atoms with van der Waals surface area (Å²) < 4.78 is 33.9. The molecule has 3 aliphatic heterocycles. The highest BCUT2D eigenvalue weighted by Crippen LogP contribution is 2.22. The summed E-state index contributed by atoms with van der Waals surface area (Å²) in [5.41, 5.74) is 0. The SMILES string of the molecule is CCN(CC(=O)NCCOC1OCCCC1O)CC(=O)NC(CCO[C@@H]1CC[C@H](O)C(CO)O1)CO[C@H]1OC(C)CCC1O. The molecule has 0 aromatic heterocycles. The fourth-order valence-corrected chi connectivity index (χ4v) is 5.24. The van der Waals surface area contributed by atoms with Crippen LogP contribution in [0.2, 0.25) is 0 Å². The number of nitrogens with one attached hydrogen (secondary N) is 2. The van der Waals surface area contributed by atoms with Crippen molar-refractivity contribution in [2.45, 2.75) is 114 Å². The molecule has 3 fully saturated rings. The Balaban J connectivity index is 1.43. The van der Waals surface area contributed by atoms with E-state index < -0.39 is 49.3 Å². The standard InChI is InChI=1S/C29H53N3O12/c1-3-32(15-25(37)30-11-14-41-28-22(35)5-4-12-40-28)16-26(38)31-20(18-42-29-23(36)7-6-19(2)43-29)10-13-39-27-9-8-21(34)24(17-33)44-27/h19-24,27-29,33-36H,3-18H2,1-2H3,(H,30,37)(H,31,38)/t19?,20?,21-,22?,23?,24?,27-,28?,29-/m0/s1. The van der Waals surface area contributed by atoms with Gasteiger partial charge in [0, 0.05) is 19.6 Å². The Bertz CT molecular complexity index is 841. The zero-order chi connectivity index (χ0) is 31.9. The molecule has 0 aromatic carbocycles. The van der Waals surface area contributed by atoms with Crippen LogP contribution in [0.1, 0.15) is 58.8 Å². The smallest absolute Gasteiger partial charge is 0.234 e. The summed E-state index contributed by atoms with van der Waals surface area (Å²) in [5, 5.41) is 45.2. The van der Waals surface area contributed by atoms with Crippen LogP contribution in [0, 0.1) is 0 Å². The third-order valence-corrected chi connectivity index (χ3v) is 7.91. The molecule has 0 saturated carbocycles. The van der Waals surface area contributed by atoms with E-state index in [1.165, 1.54) is 0 Å². The lowest BCUT2D eigenvalue weighted by molar-refractivity contribution is -0.241. The summed E-state index contributed by atoms with van der Waals surface area (Å²) in [6.07, 6.45) is -1.06. The molecular weight excluding hydrogens is 582 g/mol. The molecule has 6 N–H and O–H groups in total. The van der Waals surface area contributed by atoms with Crippen LogP contribution in [0.4, 0.5) is 0 Å². The van der Waals surface area contributed by atoms with Crippen molar-refractivity contribution in [2.24, 2.45) is 0 Å². The molecule has 44 heavy (non-hydrogen) atoms. The molecule has 6 unspecified atom stereocenters. The van der Waals surface area contributed by atoms with Crippen LogP contribution in [0.3, 0.4) is 0 Å². The van der Waals surface area contributed by atoms with E-state index in [2.05, 4.69) is 10.6 Å². The van der Waals surface area contributed by atoms with Crippen LogP contribution in [-0.2, 0) is 38.0 Å². The van der Waals surface area contributed by atoms with Crippen molar-refractivity contribution >= 4 is 11.8 Å². The molecule has 2 amide bonds. The fraction of sp³-hybridized carbons (Fsp3) is 0.931. The topological polar surface area (TPSA) is 198 Å². The highest BCUT2D eigenvalue weighted by molar-refractivity contribution is 5.81. The summed E-state index contributed by atoms with van der Waals surface area (Å²) in [6, 6.07) is -0.486. The van der Waals surface area contributed by atoms with E-state index in [4.69, 9.17) is 28.4 Å². The van der Waals surface area contributed by atoms with E-state index in [0.717, 1.165) is 12.8 Å². The minimum atomic E-state index is -0.805. The molecule has 3 aliphatic rings. The number of carbonyl (C=O) groups excluding carboxylic acids is 2. The summed E-state index contributed by atoms with van der Waals surface area (Å²) in [7, 11) is 0. The molecule has 3 saturated heterocycles. The number of hydrogen-bond acceptors (Lipinski definition) is 13. The van der Waals surface area contributed by atoms with Gasteiger partial charge in [-0.15, -0.1) is 0 Å². The van der Waals surface area contributed by atoms with Crippen LogP contribution in [0.5, 0.6) is 0 Å². The van der Waals surface area contributed by atoms with Gasteiger partial charge in [-0.3, -0.25) is 14.5 Å². The van der Waals surface area contributed by atoms with Crippen molar-refractivity contribution in [1.82, 2.24) is 15.5 Å². The summed E-state index contributed by atoms with van der Waals surface area (Å²) in [5.74, 6) is -0.575. The van der Waals surface area contributed by atoms with E-state index in [9.17, 15) is 30.0 Å². The first-order chi connectivity index (χ1) is 21.2. The Labute approximate surface area is 259 Å². The second-order valence-corrected chi connectivity index (χ2v) is 11.6. The first-order valence-corrected chi connectivity index (χ1v) is 15.9. The van der Waals surface area contributed by atoms with Crippen LogP contribution in [0.25, 0.3) is 0 Å². The van der Waals surface area contributed by atoms with Crippen molar-refractivity contribution in [2.75, 3.05) is 59.2 Å². The number of carbonyl (C=O) groups is 2. The highest BCUT2D eigenvalue weighted by atomic mass is 16.7. The van der Waals surface area contributed by atoms with Gasteiger partial charge in [-0.25, -0.2) is 0 Å². The first kappa shape index (κ1) is 37.0. The average Bonchev–Trinajstić information content (AvgIpc) is 3.00. The van der Waals surface area contributed by atoms with Crippen molar-refractivity contribution in [3.05, 3.63) is 0 Å². The van der Waals surface area contributed by atoms with Gasteiger partial charge in [0.25, 0.3) is 0 Å². The van der Waals surface area contributed by atoms with Gasteiger partial charge in [-0.2, -0.15) is 0 Å². The highest BCUT2D eigenvalue weighted by Gasteiger charge is 2.31. The number of rotatable bonds is 18. The van der Waals surface area contributed by atoms with Crippen LogP contribution < -0.4 is 10.6 Å². The average molecular weight is 636 g/mol. The Morgan fingerprint density at radius 3 is 2.41 bits per heavy atom. The second-order valence-electron chi connectivity index (χ2n) is 11.6. The molecular formula is C29H53N3O12. The van der Waals surface area contributed by atoms with Gasteiger partial charge < -0.3 is 59.5 Å². The van der Waals surface area contributed by atoms with Crippen molar-refractivity contribution in [3.8, 4) is 0 Å². The summed E-state index contributed by atoms with van der Waals surface area (Å²) in [4.78, 5) is 27.2. The van der Waals surface area contributed by atoms with Gasteiger partial charge in [0.05, 0.1) is 57.8 Å². The molecule has 15 nitrogen and oxygen atoms in total. The normalized spacial score (nSPS) is 31.9. The monoisotopic (exact) mass is 635 g/mol. The molecule has 0 bridgehead atoms. The maximum Gasteiger partial charge on any atom is 0.234 e. The maximum absolute atomic E-state index is 13.0. The molecule has 0 aliphatic carbocycles. The Morgan fingerprint density at radius 1 is 0.909 bits per heavy atom. The van der Waals surface area contributed by atoms with E-state index in [-0.39, 0.29) is 64.0 Å². The molecule has 0 spiro atoms. The molecule has 0 aromatic rings. The predicted octanol–water partition coefficient (Wildman–Crippen LogP) is -1.41. The zero-order valence-electron chi connectivity index (χ0n) is 26.0. The Kier molecular flexibility index (Phi) is 16.7. The summed E-state index contributed by atoms with van der Waals surface area (Å²) >= 11 is 0. The lowest BCUT2D eigenvalue weighted by Crippen LogP contribution is -2.48.